The minimum absolute atomic E-state index is 0.113. The van der Waals surface area contributed by atoms with Crippen LogP contribution in [0.2, 0.25) is 0 Å². The number of rotatable bonds is 1. The molecular weight excluding hydrogens is 240 g/mol. The van der Waals surface area contributed by atoms with Crippen LogP contribution in [0.25, 0.3) is 0 Å². The molecule has 3 rings (SSSR count). The van der Waals surface area contributed by atoms with Gasteiger partial charge in [-0.2, -0.15) is 11.8 Å². The fourth-order valence-electron chi connectivity index (χ4n) is 2.77. The van der Waals surface area contributed by atoms with Crippen molar-refractivity contribution in [3.63, 3.8) is 0 Å². The highest BCUT2D eigenvalue weighted by Crippen LogP contribution is 2.44. The zero-order valence-electron chi connectivity index (χ0n) is 10.8. The standard InChI is InChI=1S/C12H20O4S/c1-11(2)13-5-7(14-11)10-9-8(6-17-10)15-12(3,4)16-9/h7-10H,5-6H2,1-4H3. The van der Waals surface area contributed by atoms with Crippen LogP contribution in [0.15, 0.2) is 0 Å². The molecule has 0 amide bonds. The van der Waals surface area contributed by atoms with Crippen LogP contribution < -0.4 is 0 Å². The average molecular weight is 260 g/mol. The van der Waals surface area contributed by atoms with E-state index in [4.69, 9.17) is 18.9 Å². The molecular formula is C12H20O4S. The van der Waals surface area contributed by atoms with Gasteiger partial charge < -0.3 is 18.9 Å². The van der Waals surface area contributed by atoms with E-state index in [1.165, 1.54) is 0 Å². The molecule has 0 aromatic carbocycles. The summed E-state index contributed by atoms with van der Waals surface area (Å²) in [6.45, 7) is 8.52. The molecule has 0 spiro atoms. The first-order valence-corrected chi connectivity index (χ1v) is 7.20. The Morgan fingerprint density at radius 1 is 0.941 bits per heavy atom. The van der Waals surface area contributed by atoms with E-state index in [0.717, 1.165) is 5.75 Å². The SMILES string of the molecule is CC1(C)OCC(C2SCC3OC(C)(C)OC32)O1. The largest absolute Gasteiger partial charge is 0.348 e. The summed E-state index contributed by atoms with van der Waals surface area (Å²) < 4.78 is 23.4. The molecule has 4 atom stereocenters. The summed E-state index contributed by atoms with van der Waals surface area (Å²) in [5, 5.41) is 0.323. The summed E-state index contributed by atoms with van der Waals surface area (Å²) in [4.78, 5) is 0. The molecule has 4 unspecified atom stereocenters. The average Bonchev–Trinajstić information content (AvgIpc) is 2.77. The van der Waals surface area contributed by atoms with Crippen LogP contribution in [0, 0.1) is 0 Å². The lowest BCUT2D eigenvalue weighted by Crippen LogP contribution is -2.38. The van der Waals surface area contributed by atoms with Crippen molar-refractivity contribution >= 4 is 11.8 Å². The van der Waals surface area contributed by atoms with Gasteiger partial charge in [-0.3, -0.25) is 0 Å². The molecule has 17 heavy (non-hydrogen) atoms. The van der Waals surface area contributed by atoms with E-state index in [9.17, 15) is 0 Å². The third-order valence-corrected chi connectivity index (χ3v) is 4.87. The van der Waals surface area contributed by atoms with E-state index in [0.29, 0.717) is 11.9 Å². The van der Waals surface area contributed by atoms with Gasteiger partial charge in [-0.15, -0.1) is 0 Å². The molecule has 0 aromatic rings. The molecule has 3 fully saturated rings. The zero-order valence-corrected chi connectivity index (χ0v) is 11.6. The minimum Gasteiger partial charge on any atom is -0.348 e. The van der Waals surface area contributed by atoms with Gasteiger partial charge in [0.15, 0.2) is 11.6 Å². The normalized spacial score (nSPS) is 47.3. The van der Waals surface area contributed by atoms with Gasteiger partial charge >= 0.3 is 0 Å². The Kier molecular flexibility index (Phi) is 2.76. The summed E-state index contributed by atoms with van der Waals surface area (Å²) in [6.07, 6.45) is 0.451. The van der Waals surface area contributed by atoms with Crippen LogP contribution >= 0.6 is 11.8 Å². The third-order valence-electron chi connectivity index (χ3n) is 3.40. The lowest BCUT2D eigenvalue weighted by molar-refractivity contribution is -0.154. The first-order chi connectivity index (χ1) is 7.86. The Labute approximate surface area is 106 Å². The molecule has 5 heteroatoms. The van der Waals surface area contributed by atoms with Crippen molar-refractivity contribution < 1.29 is 18.9 Å². The van der Waals surface area contributed by atoms with Gasteiger partial charge in [-0.1, -0.05) is 0 Å². The first-order valence-electron chi connectivity index (χ1n) is 6.15. The maximum atomic E-state index is 5.99. The second-order valence-electron chi connectivity index (χ2n) is 5.80. The highest BCUT2D eigenvalue weighted by Gasteiger charge is 2.54. The number of thioether (sulfide) groups is 1. The van der Waals surface area contributed by atoms with Crippen molar-refractivity contribution in [2.45, 2.75) is 62.8 Å². The smallest absolute Gasteiger partial charge is 0.163 e. The Hall–Kier alpha value is 0.190. The Bertz CT molecular complexity index is 318. The Morgan fingerprint density at radius 2 is 1.65 bits per heavy atom. The van der Waals surface area contributed by atoms with Gasteiger partial charge in [0, 0.05) is 5.75 Å². The van der Waals surface area contributed by atoms with E-state index in [1.54, 1.807) is 0 Å². The molecule has 0 N–H and O–H groups in total. The van der Waals surface area contributed by atoms with Crippen LogP contribution in [0.4, 0.5) is 0 Å². The summed E-state index contributed by atoms with van der Waals surface area (Å²) in [5.41, 5.74) is 0. The zero-order chi connectivity index (χ0) is 12.3. The van der Waals surface area contributed by atoms with E-state index in [-0.39, 0.29) is 18.3 Å². The van der Waals surface area contributed by atoms with Crippen LogP contribution in [-0.2, 0) is 18.9 Å². The molecule has 3 aliphatic rings. The third kappa shape index (κ3) is 2.24. The summed E-state index contributed by atoms with van der Waals surface area (Å²) in [5.74, 6) is 0.0703. The van der Waals surface area contributed by atoms with Crippen molar-refractivity contribution in [3.05, 3.63) is 0 Å². The van der Waals surface area contributed by atoms with Crippen LogP contribution in [0.3, 0.4) is 0 Å². The monoisotopic (exact) mass is 260 g/mol. The van der Waals surface area contributed by atoms with Gasteiger partial charge in [0.1, 0.15) is 6.10 Å². The number of hydrogen-bond acceptors (Lipinski definition) is 5. The number of hydrogen-bond donors (Lipinski definition) is 0. The van der Waals surface area contributed by atoms with Crippen LogP contribution in [0.1, 0.15) is 27.7 Å². The second kappa shape index (κ2) is 3.84. The minimum atomic E-state index is -0.460. The predicted molar refractivity (Wildman–Crippen MR) is 65.0 cm³/mol. The number of ether oxygens (including phenoxy) is 4. The van der Waals surface area contributed by atoms with Gasteiger partial charge in [-0.25, -0.2) is 0 Å². The van der Waals surface area contributed by atoms with Gasteiger partial charge in [0.2, 0.25) is 0 Å². The summed E-state index contributed by atoms with van der Waals surface area (Å²) >= 11 is 1.88. The summed E-state index contributed by atoms with van der Waals surface area (Å²) in [6, 6.07) is 0. The van der Waals surface area contributed by atoms with Crippen LogP contribution in [-0.4, -0.2) is 47.5 Å². The lowest BCUT2D eigenvalue weighted by Gasteiger charge is -2.25. The predicted octanol–water partition coefficient (Wildman–Crippen LogP) is 1.77. The molecule has 4 nitrogen and oxygen atoms in total. The van der Waals surface area contributed by atoms with E-state index in [1.807, 2.05) is 39.5 Å². The molecule has 0 aliphatic carbocycles. The Balaban J connectivity index is 1.70. The maximum Gasteiger partial charge on any atom is 0.163 e. The molecule has 0 aromatic heterocycles. The van der Waals surface area contributed by atoms with Crippen LogP contribution in [0.5, 0.6) is 0 Å². The summed E-state index contributed by atoms with van der Waals surface area (Å²) in [7, 11) is 0. The van der Waals surface area contributed by atoms with Gasteiger partial charge in [0.05, 0.1) is 24.1 Å². The fraction of sp³-hybridized carbons (Fsp3) is 1.00. The number of fused-ring (bicyclic) bond motifs is 1. The second-order valence-corrected chi connectivity index (χ2v) is 7.01. The van der Waals surface area contributed by atoms with Crippen molar-refractivity contribution in [2.75, 3.05) is 12.4 Å². The topological polar surface area (TPSA) is 36.9 Å². The van der Waals surface area contributed by atoms with Crippen molar-refractivity contribution in [2.24, 2.45) is 0 Å². The van der Waals surface area contributed by atoms with Gasteiger partial charge in [0.25, 0.3) is 0 Å². The van der Waals surface area contributed by atoms with Crippen molar-refractivity contribution in [3.8, 4) is 0 Å². The van der Waals surface area contributed by atoms with E-state index < -0.39 is 11.6 Å². The Morgan fingerprint density at radius 3 is 2.29 bits per heavy atom. The molecule has 0 saturated carbocycles. The maximum absolute atomic E-state index is 5.99. The molecule has 3 aliphatic heterocycles. The van der Waals surface area contributed by atoms with E-state index >= 15 is 0 Å². The van der Waals surface area contributed by atoms with Crippen molar-refractivity contribution in [1.29, 1.82) is 0 Å². The van der Waals surface area contributed by atoms with Gasteiger partial charge in [-0.05, 0) is 27.7 Å². The highest BCUT2D eigenvalue weighted by atomic mass is 32.2. The fourth-order valence-corrected chi connectivity index (χ4v) is 4.21. The molecule has 3 saturated heterocycles. The molecule has 0 bridgehead atoms. The molecule has 0 radical (unpaired) electrons. The molecule has 98 valence electrons. The first kappa shape index (κ1) is 12.2. The highest BCUT2D eigenvalue weighted by molar-refractivity contribution is 8.00. The van der Waals surface area contributed by atoms with Crippen molar-refractivity contribution in [1.82, 2.24) is 0 Å². The molecule has 3 heterocycles. The lowest BCUT2D eigenvalue weighted by atomic mass is 10.1. The van der Waals surface area contributed by atoms with E-state index in [2.05, 4.69) is 0 Å². The quantitative estimate of drug-likeness (QED) is 0.718.